The van der Waals surface area contributed by atoms with Gasteiger partial charge in [0.1, 0.15) is 5.75 Å². The Kier molecular flexibility index (Phi) is 4.98. The van der Waals surface area contributed by atoms with Crippen molar-refractivity contribution in [3.05, 3.63) is 104 Å². The van der Waals surface area contributed by atoms with Crippen LogP contribution in [0.2, 0.25) is 0 Å². The molecule has 0 fully saturated rings. The molecule has 0 unspecified atom stereocenters. The van der Waals surface area contributed by atoms with Crippen LogP contribution in [0.5, 0.6) is 5.75 Å². The summed E-state index contributed by atoms with van der Waals surface area (Å²) < 4.78 is 7.29. The summed E-state index contributed by atoms with van der Waals surface area (Å²) in [4.78, 5) is 10.9. The van der Waals surface area contributed by atoms with E-state index in [9.17, 15) is 10.1 Å². The Labute approximate surface area is 188 Å². The minimum atomic E-state index is -0.536. The molecule has 2 heterocycles. The zero-order valence-corrected chi connectivity index (χ0v) is 18.5. The number of benzene rings is 3. The summed E-state index contributed by atoms with van der Waals surface area (Å²) in [6, 6.07) is 21.0. The van der Waals surface area contributed by atoms with Gasteiger partial charge in [-0.2, -0.15) is 5.10 Å². The van der Waals surface area contributed by atoms with Gasteiger partial charge in [-0.3, -0.25) is 10.1 Å². The highest BCUT2D eigenvalue weighted by Gasteiger charge is 2.41. The maximum absolute atomic E-state index is 11.3. The number of rotatable bonds is 4. The quantitative estimate of drug-likeness (QED) is 0.333. The number of aryl methyl sites for hydroxylation is 1. The van der Waals surface area contributed by atoms with Crippen LogP contribution in [0.3, 0.4) is 0 Å². The Hall–Kier alpha value is -3.19. The minimum absolute atomic E-state index is 0.00800. The normalized spacial score (nSPS) is 19.3. The van der Waals surface area contributed by atoms with Crippen LogP contribution in [-0.4, -0.2) is 15.6 Å². The standard InChI is InChI=1S/C24H20BrN3O3/c1-2-15-6-8-16(9-7-15)21-14-22-20-13-18(25)10-11-23(20)31-24(27(22)26-21)17-4-3-5-19(12-17)28(29)30/h3-13,22,24H,2,14H2,1H3/t22-,24+/m1/s1. The van der Waals surface area contributed by atoms with Crippen molar-refractivity contribution < 1.29 is 9.66 Å². The first-order chi connectivity index (χ1) is 15.0. The van der Waals surface area contributed by atoms with Gasteiger partial charge in [-0.15, -0.1) is 0 Å². The summed E-state index contributed by atoms with van der Waals surface area (Å²) in [7, 11) is 0. The number of hydrogen-bond acceptors (Lipinski definition) is 5. The molecule has 0 aliphatic carbocycles. The number of halogens is 1. The van der Waals surface area contributed by atoms with Crippen molar-refractivity contribution in [3.8, 4) is 5.75 Å². The van der Waals surface area contributed by atoms with Gasteiger partial charge in [-0.25, -0.2) is 5.01 Å². The number of nitro groups is 1. The van der Waals surface area contributed by atoms with E-state index in [4.69, 9.17) is 9.84 Å². The first kappa shape index (κ1) is 19.8. The highest BCUT2D eigenvalue weighted by molar-refractivity contribution is 9.10. The van der Waals surface area contributed by atoms with Crippen LogP contribution in [-0.2, 0) is 6.42 Å². The lowest BCUT2D eigenvalue weighted by Gasteiger charge is -2.38. The van der Waals surface area contributed by atoms with Crippen LogP contribution < -0.4 is 4.74 Å². The van der Waals surface area contributed by atoms with Crippen molar-refractivity contribution in [1.82, 2.24) is 5.01 Å². The molecule has 0 aromatic heterocycles. The summed E-state index contributed by atoms with van der Waals surface area (Å²) in [6.45, 7) is 2.14. The minimum Gasteiger partial charge on any atom is -0.464 e. The Bertz CT molecular complexity index is 1190. The molecular weight excluding hydrogens is 458 g/mol. The van der Waals surface area contributed by atoms with Gasteiger partial charge in [-0.1, -0.05) is 59.3 Å². The topological polar surface area (TPSA) is 68.0 Å². The van der Waals surface area contributed by atoms with Gasteiger partial charge in [0.15, 0.2) is 0 Å². The predicted octanol–water partition coefficient (Wildman–Crippen LogP) is 6.16. The second-order valence-corrected chi connectivity index (χ2v) is 8.62. The summed E-state index contributed by atoms with van der Waals surface area (Å²) >= 11 is 3.56. The van der Waals surface area contributed by atoms with Gasteiger partial charge < -0.3 is 4.74 Å². The van der Waals surface area contributed by atoms with Gasteiger partial charge in [0.2, 0.25) is 6.23 Å². The monoisotopic (exact) mass is 477 g/mol. The Morgan fingerprint density at radius 3 is 2.71 bits per heavy atom. The van der Waals surface area contributed by atoms with E-state index < -0.39 is 6.23 Å². The molecular formula is C24H20BrN3O3. The fourth-order valence-corrected chi connectivity index (χ4v) is 4.56. The van der Waals surface area contributed by atoms with E-state index in [1.807, 2.05) is 23.2 Å². The smallest absolute Gasteiger partial charge is 0.269 e. The largest absolute Gasteiger partial charge is 0.464 e. The van der Waals surface area contributed by atoms with E-state index in [2.05, 4.69) is 53.2 Å². The van der Waals surface area contributed by atoms with Crippen LogP contribution in [0, 0.1) is 10.1 Å². The van der Waals surface area contributed by atoms with Gasteiger partial charge in [0.25, 0.3) is 5.69 Å². The van der Waals surface area contributed by atoms with Crippen molar-refractivity contribution in [3.63, 3.8) is 0 Å². The van der Waals surface area contributed by atoms with Crippen LogP contribution in [0.4, 0.5) is 5.69 Å². The van der Waals surface area contributed by atoms with E-state index in [1.165, 1.54) is 11.6 Å². The Morgan fingerprint density at radius 1 is 1.16 bits per heavy atom. The third kappa shape index (κ3) is 3.59. The van der Waals surface area contributed by atoms with E-state index in [-0.39, 0.29) is 16.7 Å². The molecule has 2 aliphatic rings. The van der Waals surface area contributed by atoms with Crippen molar-refractivity contribution in [1.29, 1.82) is 0 Å². The highest BCUT2D eigenvalue weighted by atomic mass is 79.9. The highest BCUT2D eigenvalue weighted by Crippen LogP contribution is 2.48. The zero-order valence-electron chi connectivity index (χ0n) is 16.9. The second-order valence-electron chi connectivity index (χ2n) is 7.70. The molecule has 0 spiro atoms. The molecule has 156 valence electrons. The van der Waals surface area contributed by atoms with Crippen molar-refractivity contribution in [2.75, 3.05) is 0 Å². The second kappa shape index (κ2) is 7.81. The van der Waals surface area contributed by atoms with Crippen molar-refractivity contribution in [2.24, 2.45) is 5.10 Å². The number of ether oxygens (including phenoxy) is 1. The Morgan fingerprint density at radius 2 is 1.97 bits per heavy atom. The SMILES string of the molecule is CCc1ccc(C2=NN3[C@H](C2)c2cc(Br)ccc2O[C@H]3c2cccc([N+](=O)[O-])c2)cc1. The molecule has 5 rings (SSSR count). The summed E-state index contributed by atoms with van der Waals surface area (Å²) in [5, 5.41) is 18.2. The average Bonchev–Trinajstić information content (AvgIpc) is 3.24. The van der Waals surface area contributed by atoms with Gasteiger partial charge in [0, 0.05) is 34.2 Å². The summed E-state index contributed by atoms with van der Waals surface area (Å²) in [5.74, 6) is 0.777. The molecule has 2 atom stereocenters. The van der Waals surface area contributed by atoms with E-state index in [0.29, 0.717) is 5.56 Å². The maximum atomic E-state index is 11.3. The van der Waals surface area contributed by atoms with Crippen LogP contribution in [0.15, 0.2) is 76.3 Å². The maximum Gasteiger partial charge on any atom is 0.269 e. The lowest BCUT2D eigenvalue weighted by Crippen LogP contribution is -2.33. The van der Waals surface area contributed by atoms with Gasteiger partial charge >= 0.3 is 0 Å². The number of fused-ring (bicyclic) bond motifs is 3. The average molecular weight is 478 g/mol. The fraction of sp³-hybridized carbons (Fsp3) is 0.208. The molecule has 31 heavy (non-hydrogen) atoms. The molecule has 0 radical (unpaired) electrons. The van der Waals surface area contributed by atoms with E-state index in [0.717, 1.165) is 39.9 Å². The first-order valence-corrected chi connectivity index (χ1v) is 11.0. The first-order valence-electron chi connectivity index (χ1n) is 10.2. The molecule has 0 N–H and O–H groups in total. The van der Waals surface area contributed by atoms with Gasteiger partial charge in [0.05, 0.1) is 16.7 Å². The number of hydrazone groups is 1. The lowest BCUT2D eigenvalue weighted by molar-refractivity contribution is -0.385. The van der Waals surface area contributed by atoms with Crippen molar-refractivity contribution in [2.45, 2.75) is 32.0 Å². The number of hydrogen-bond donors (Lipinski definition) is 0. The number of nitrogens with zero attached hydrogens (tertiary/aromatic N) is 3. The third-order valence-electron chi connectivity index (χ3n) is 5.81. The van der Waals surface area contributed by atoms with E-state index >= 15 is 0 Å². The summed E-state index contributed by atoms with van der Waals surface area (Å²) in [6.07, 6.45) is 1.20. The molecule has 0 amide bonds. The predicted molar refractivity (Wildman–Crippen MR) is 122 cm³/mol. The molecule has 3 aromatic rings. The van der Waals surface area contributed by atoms with Crippen LogP contribution in [0.25, 0.3) is 0 Å². The van der Waals surface area contributed by atoms with Crippen LogP contribution >= 0.6 is 15.9 Å². The molecule has 0 saturated heterocycles. The Balaban J connectivity index is 1.58. The number of non-ortho nitro benzene ring substituents is 1. The molecule has 6 nitrogen and oxygen atoms in total. The molecule has 3 aromatic carbocycles. The molecule has 2 aliphatic heterocycles. The van der Waals surface area contributed by atoms with Gasteiger partial charge in [-0.05, 0) is 35.7 Å². The lowest BCUT2D eigenvalue weighted by atomic mass is 9.95. The third-order valence-corrected chi connectivity index (χ3v) is 6.31. The zero-order chi connectivity index (χ0) is 21.5. The molecule has 0 bridgehead atoms. The van der Waals surface area contributed by atoms with Crippen molar-refractivity contribution >= 4 is 27.3 Å². The van der Waals surface area contributed by atoms with Crippen LogP contribution in [0.1, 0.15) is 47.9 Å². The van der Waals surface area contributed by atoms with E-state index in [1.54, 1.807) is 12.1 Å². The number of nitro benzene ring substituents is 1. The fourth-order valence-electron chi connectivity index (χ4n) is 4.18. The summed E-state index contributed by atoms with van der Waals surface area (Å²) in [5.41, 5.74) is 5.16. The molecule has 0 saturated carbocycles. The molecule has 7 heteroatoms.